The van der Waals surface area contributed by atoms with Crippen LogP contribution in [0.5, 0.6) is 5.75 Å². The molecule has 22 heavy (non-hydrogen) atoms. The van der Waals surface area contributed by atoms with Gasteiger partial charge in [-0.25, -0.2) is 0 Å². The maximum atomic E-state index is 10.8. The zero-order chi connectivity index (χ0) is 15.9. The molecule has 0 aliphatic carbocycles. The predicted octanol–water partition coefficient (Wildman–Crippen LogP) is 3.32. The second-order valence-corrected chi connectivity index (χ2v) is 5.00. The number of ether oxygens (including phenoxy) is 2. The summed E-state index contributed by atoms with van der Waals surface area (Å²) in [6, 6.07) is 15.8. The molecule has 1 amide bonds. The van der Waals surface area contributed by atoms with Gasteiger partial charge in [0, 0.05) is 6.61 Å². The number of hydrogen-bond donors (Lipinski definition) is 1. The fourth-order valence-electron chi connectivity index (χ4n) is 2.21. The van der Waals surface area contributed by atoms with Crippen LogP contribution in [0.25, 0.3) is 11.1 Å². The van der Waals surface area contributed by atoms with Gasteiger partial charge in [-0.3, -0.25) is 4.79 Å². The summed E-state index contributed by atoms with van der Waals surface area (Å²) in [5.41, 5.74) is 8.33. The first-order chi connectivity index (χ1) is 10.6. The van der Waals surface area contributed by atoms with Gasteiger partial charge in [-0.1, -0.05) is 36.4 Å². The Balaban J connectivity index is 2.14. The van der Waals surface area contributed by atoms with Crippen LogP contribution < -0.4 is 10.5 Å². The summed E-state index contributed by atoms with van der Waals surface area (Å²) in [4.78, 5) is 10.8. The van der Waals surface area contributed by atoms with E-state index in [4.69, 9.17) is 15.2 Å². The van der Waals surface area contributed by atoms with Crippen molar-refractivity contribution >= 4 is 5.91 Å². The lowest BCUT2D eigenvalue weighted by Gasteiger charge is -2.13. The van der Waals surface area contributed by atoms with E-state index in [1.807, 2.05) is 32.0 Å². The van der Waals surface area contributed by atoms with Gasteiger partial charge < -0.3 is 15.2 Å². The van der Waals surface area contributed by atoms with Crippen LogP contribution in [-0.4, -0.2) is 19.1 Å². The third kappa shape index (κ3) is 4.33. The van der Waals surface area contributed by atoms with E-state index in [1.165, 1.54) is 0 Å². The number of nitrogens with two attached hydrogens (primary N) is 1. The average molecular weight is 299 g/mol. The third-order valence-electron chi connectivity index (χ3n) is 3.35. The van der Waals surface area contributed by atoms with Gasteiger partial charge in [0.2, 0.25) is 0 Å². The topological polar surface area (TPSA) is 61.6 Å². The predicted molar refractivity (Wildman–Crippen MR) is 86.6 cm³/mol. The van der Waals surface area contributed by atoms with E-state index < -0.39 is 5.91 Å². The van der Waals surface area contributed by atoms with Crippen LogP contribution in [0.2, 0.25) is 0 Å². The van der Waals surface area contributed by atoms with Gasteiger partial charge in [0.25, 0.3) is 5.91 Å². The minimum Gasteiger partial charge on any atom is -0.484 e. The molecule has 0 aliphatic heterocycles. The standard InChI is InChI=1S/C18H21NO3/c1-3-21-13(2)14-7-9-15(10-8-14)16-5-4-6-17(11-16)22-12-18(19)20/h4-11,13H,3,12H2,1-2H3,(H2,19,20)/t13-/m0/s1. The molecule has 0 aliphatic rings. The molecule has 2 aromatic carbocycles. The molecule has 0 saturated heterocycles. The number of amides is 1. The average Bonchev–Trinajstić information content (AvgIpc) is 2.53. The number of rotatable bonds is 7. The minimum atomic E-state index is -0.486. The van der Waals surface area contributed by atoms with Gasteiger partial charge in [-0.2, -0.15) is 0 Å². The molecular weight excluding hydrogens is 278 g/mol. The van der Waals surface area contributed by atoms with Gasteiger partial charge in [0.1, 0.15) is 5.75 Å². The van der Waals surface area contributed by atoms with E-state index >= 15 is 0 Å². The molecule has 2 aromatic rings. The van der Waals surface area contributed by atoms with Crippen LogP contribution in [0.15, 0.2) is 48.5 Å². The lowest BCUT2D eigenvalue weighted by Crippen LogP contribution is -2.19. The van der Waals surface area contributed by atoms with Crippen molar-refractivity contribution in [3.63, 3.8) is 0 Å². The van der Waals surface area contributed by atoms with Crippen LogP contribution in [-0.2, 0) is 9.53 Å². The van der Waals surface area contributed by atoms with E-state index in [-0.39, 0.29) is 12.7 Å². The molecule has 0 bridgehead atoms. The van der Waals surface area contributed by atoms with Crippen molar-refractivity contribution in [1.82, 2.24) is 0 Å². The van der Waals surface area contributed by atoms with E-state index in [0.717, 1.165) is 16.7 Å². The molecule has 0 heterocycles. The maximum absolute atomic E-state index is 10.8. The van der Waals surface area contributed by atoms with Crippen LogP contribution in [0.4, 0.5) is 0 Å². The van der Waals surface area contributed by atoms with E-state index in [1.54, 1.807) is 6.07 Å². The highest BCUT2D eigenvalue weighted by Gasteiger charge is 2.06. The Bertz CT molecular complexity index is 622. The molecule has 116 valence electrons. The first-order valence-electron chi connectivity index (χ1n) is 7.33. The SMILES string of the molecule is CCO[C@@H](C)c1ccc(-c2cccc(OCC(N)=O)c2)cc1. The van der Waals surface area contributed by atoms with Crippen molar-refractivity contribution in [3.8, 4) is 16.9 Å². The fourth-order valence-corrected chi connectivity index (χ4v) is 2.21. The Morgan fingerprint density at radius 1 is 1.14 bits per heavy atom. The quantitative estimate of drug-likeness (QED) is 0.853. The summed E-state index contributed by atoms with van der Waals surface area (Å²) in [6.45, 7) is 4.61. The molecule has 4 nitrogen and oxygen atoms in total. The van der Waals surface area contributed by atoms with E-state index in [9.17, 15) is 4.79 Å². The Morgan fingerprint density at radius 2 is 1.86 bits per heavy atom. The molecule has 0 saturated carbocycles. The van der Waals surface area contributed by atoms with Crippen LogP contribution in [0.3, 0.4) is 0 Å². The lowest BCUT2D eigenvalue weighted by atomic mass is 10.0. The van der Waals surface area contributed by atoms with Crippen LogP contribution >= 0.6 is 0 Å². The van der Waals surface area contributed by atoms with E-state index in [0.29, 0.717) is 12.4 Å². The summed E-state index contributed by atoms with van der Waals surface area (Å²) >= 11 is 0. The molecule has 0 radical (unpaired) electrons. The van der Waals surface area contributed by atoms with Gasteiger partial charge in [-0.15, -0.1) is 0 Å². The first-order valence-corrected chi connectivity index (χ1v) is 7.33. The monoisotopic (exact) mass is 299 g/mol. The zero-order valence-electron chi connectivity index (χ0n) is 12.9. The van der Waals surface area contributed by atoms with Crippen molar-refractivity contribution in [1.29, 1.82) is 0 Å². The lowest BCUT2D eigenvalue weighted by molar-refractivity contribution is -0.119. The molecule has 2 N–H and O–H groups in total. The first kappa shape index (κ1) is 16.0. The van der Waals surface area contributed by atoms with Crippen LogP contribution in [0, 0.1) is 0 Å². The fraction of sp³-hybridized carbons (Fsp3) is 0.278. The molecule has 0 fully saturated rings. The highest BCUT2D eigenvalue weighted by molar-refractivity contribution is 5.75. The summed E-state index contributed by atoms with van der Waals surface area (Å²) in [5.74, 6) is 0.141. The Kier molecular flexibility index (Phi) is 5.55. The van der Waals surface area contributed by atoms with Crippen LogP contribution in [0.1, 0.15) is 25.5 Å². The summed E-state index contributed by atoms with van der Waals surface area (Å²) < 4.78 is 10.9. The Hall–Kier alpha value is -2.33. The summed E-state index contributed by atoms with van der Waals surface area (Å²) in [5, 5.41) is 0. The number of benzene rings is 2. The van der Waals surface area contributed by atoms with Crippen molar-refractivity contribution in [3.05, 3.63) is 54.1 Å². The summed E-state index contributed by atoms with van der Waals surface area (Å²) in [7, 11) is 0. The molecule has 1 atom stereocenters. The van der Waals surface area contributed by atoms with Crippen molar-refractivity contribution in [2.24, 2.45) is 5.73 Å². The zero-order valence-corrected chi connectivity index (χ0v) is 12.9. The number of primary amides is 1. The maximum Gasteiger partial charge on any atom is 0.255 e. The van der Waals surface area contributed by atoms with Crippen molar-refractivity contribution < 1.29 is 14.3 Å². The smallest absolute Gasteiger partial charge is 0.255 e. The second kappa shape index (κ2) is 7.61. The molecule has 0 unspecified atom stereocenters. The number of carbonyl (C=O) groups excluding carboxylic acids is 1. The summed E-state index contributed by atoms with van der Waals surface area (Å²) in [6.07, 6.45) is 0.0873. The molecule has 4 heteroatoms. The van der Waals surface area contributed by atoms with Gasteiger partial charge in [-0.05, 0) is 42.7 Å². The molecule has 0 aromatic heterocycles. The Morgan fingerprint density at radius 3 is 2.50 bits per heavy atom. The molecular formula is C18H21NO3. The second-order valence-electron chi connectivity index (χ2n) is 5.00. The van der Waals surface area contributed by atoms with Gasteiger partial charge >= 0.3 is 0 Å². The van der Waals surface area contributed by atoms with Crippen molar-refractivity contribution in [2.45, 2.75) is 20.0 Å². The highest BCUT2D eigenvalue weighted by Crippen LogP contribution is 2.26. The molecule has 0 spiro atoms. The number of hydrogen-bond acceptors (Lipinski definition) is 3. The van der Waals surface area contributed by atoms with Crippen molar-refractivity contribution in [2.75, 3.05) is 13.2 Å². The van der Waals surface area contributed by atoms with Gasteiger partial charge in [0.15, 0.2) is 6.61 Å². The minimum absolute atomic E-state index is 0.0873. The largest absolute Gasteiger partial charge is 0.484 e. The third-order valence-corrected chi connectivity index (χ3v) is 3.35. The molecule has 2 rings (SSSR count). The normalized spacial score (nSPS) is 11.9. The number of carbonyl (C=O) groups is 1. The van der Waals surface area contributed by atoms with Gasteiger partial charge in [0.05, 0.1) is 6.10 Å². The Labute approximate surface area is 130 Å². The van der Waals surface area contributed by atoms with E-state index in [2.05, 4.69) is 24.3 Å². The highest BCUT2D eigenvalue weighted by atomic mass is 16.5.